The van der Waals surface area contributed by atoms with Crippen LogP contribution in [0.15, 0.2) is 0 Å². The van der Waals surface area contributed by atoms with E-state index in [-0.39, 0.29) is 17.5 Å². The molecule has 0 aliphatic rings. The quantitative estimate of drug-likeness (QED) is 0.505. The van der Waals surface area contributed by atoms with Crippen LogP contribution in [0.25, 0.3) is 0 Å². The molecular weight excluding hydrogens is 276 g/mol. The van der Waals surface area contributed by atoms with Crippen LogP contribution in [-0.2, 0) is 19.6 Å². The lowest BCUT2D eigenvalue weighted by molar-refractivity contribution is -0.137. The van der Waals surface area contributed by atoms with Gasteiger partial charge in [0.1, 0.15) is 0 Å². The number of methoxy groups -OCH3 is 1. The van der Waals surface area contributed by atoms with Crippen LogP contribution in [0, 0.1) is 5.92 Å². The summed E-state index contributed by atoms with van der Waals surface area (Å²) in [5.41, 5.74) is 5.36. The molecule has 0 rings (SSSR count). The van der Waals surface area contributed by atoms with Crippen molar-refractivity contribution in [2.24, 2.45) is 11.7 Å². The predicted molar refractivity (Wildman–Crippen MR) is 73.6 cm³/mol. The lowest BCUT2D eigenvalue weighted by atomic mass is 10.2. The Kier molecular flexibility index (Phi) is 7.34. The van der Waals surface area contributed by atoms with Gasteiger partial charge in [0.15, 0.2) is 5.75 Å². The largest absolute Gasteiger partial charge is 0.468 e. The molecule has 0 aromatic carbocycles. The van der Waals surface area contributed by atoms with Crippen LogP contribution in [-0.4, -0.2) is 49.6 Å². The molecule has 0 heterocycles. The molecule has 0 saturated heterocycles. The molecule has 0 bridgehead atoms. The number of thiocarbonyl (C=S) groups is 1. The van der Waals surface area contributed by atoms with Gasteiger partial charge < -0.3 is 10.5 Å². The van der Waals surface area contributed by atoms with Gasteiger partial charge in [-0.05, 0) is 5.92 Å². The van der Waals surface area contributed by atoms with Crippen molar-refractivity contribution in [3.05, 3.63) is 0 Å². The van der Waals surface area contributed by atoms with Gasteiger partial charge in [-0.15, -0.1) is 0 Å². The third-order valence-electron chi connectivity index (χ3n) is 2.10. The molecule has 0 spiro atoms. The summed E-state index contributed by atoms with van der Waals surface area (Å²) in [6, 6.07) is 0. The summed E-state index contributed by atoms with van der Waals surface area (Å²) < 4.78 is 29.6. The third kappa shape index (κ3) is 6.87. The van der Waals surface area contributed by atoms with E-state index >= 15 is 0 Å². The number of hydrogen-bond acceptors (Lipinski definition) is 5. The maximum absolute atomic E-state index is 12.0. The molecule has 6 nitrogen and oxygen atoms in total. The number of nitrogens with zero attached hydrogens (tertiary/aromatic N) is 1. The number of esters is 1. The first-order valence-corrected chi connectivity index (χ1v) is 7.53. The molecule has 0 aliphatic heterocycles. The van der Waals surface area contributed by atoms with Crippen molar-refractivity contribution in [1.82, 2.24) is 4.31 Å². The molecule has 0 radical (unpaired) electrons. The van der Waals surface area contributed by atoms with E-state index in [2.05, 4.69) is 4.74 Å². The van der Waals surface area contributed by atoms with Crippen molar-refractivity contribution in [2.45, 2.75) is 20.3 Å². The van der Waals surface area contributed by atoms with Gasteiger partial charge in [-0.3, -0.25) is 4.79 Å². The smallest absolute Gasteiger partial charge is 0.322 e. The number of rotatable bonds is 8. The highest BCUT2D eigenvalue weighted by molar-refractivity contribution is 7.89. The Morgan fingerprint density at radius 3 is 2.39 bits per heavy atom. The number of carbonyl (C=O) groups is 1. The summed E-state index contributed by atoms with van der Waals surface area (Å²) in [5.74, 6) is -1.30. The number of nitrogens with two attached hydrogens (primary N) is 1. The summed E-state index contributed by atoms with van der Waals surface area (Å²) in [6.45, 7) is 4.29. The summed E-state index contributed by atoms with van der Waals surface area (Å²) >= 11 is 4.73. The number of ether oxygens (including phenoxy) is 1. The number of hydrogen-bond donors (Lipinski definition) is 1. The zero-order chi connectivity index (χ0) is 14.3. The summed E-state index contributed by atoms with van der Waals surface area (Å²) in [6.07, 6.45) is 0.294. The van der Waals surface area contributed by atoms with Gasteiger partial charge in [-0.1, -0.05) is 26.1 Å². The van der Waals surface area contributed by atoms with Crippen molar-refractivity contribution >= 4 is 33.2 Å². The molecule has 106 valence electrons. The van der Waals surface area contributed by atoms with Gasteiger partial charge in [0, 0.05) is 19.5 Å². The van der Waals surface area contributed by atoms with Crippen LogP contribution in [0.5, 0.6) is 0 Å². The minimum Gasteiger partial charge on any atom is -0.468 e. The van der Waals surface area contributed by atoms with E-state index in [1.807, 2.05) is 13.8 Å². The number of carbonyl (C=O) groups excluding carboxylic acids is 1. The second-order valence-corrected chi connectivity index (χ2v) is 6.79. The molecule has 18 heavy (non-hydrogen) atoms. The predicted octanol–water partition coefficient (Wildman–Crippen LogP) is 0.123. The van der Waals surface area contributed by atoms with E-state index in [1.54, 1.807) is 0 Å². The summed E-state index contributed by atoms with van der Waals surface area (Å²) in [7, 11) is -2.53. The fraction of sp³-hybridized carbons (Fsp3) is 0.800. The maximum Gasteiger partial charge on any atom is 0.322 e. The monoisotopic (exact) mass is 296 g/mol. The lowest BCUT2D eigenvalue weighted by Crippen LogP contribution is -2.39. The van der Waals surface area contributed by atoms with E-state index < -0.39 is 21.7 Å². The molecule has 0 aromatic heterocycles. The van der Waals surface area contributed by atoms with Crippen molar-refractivity contribution < 1.29 is 17.9 Å². The van der Waals surface area contributed by atoms with Crippen molar-refractivity contribution in [3.63, 3.8) is 0 Å². The van der Waals surface area contributed by atoms with Gasteiger partial charge in [0.05, 0.1) is 12.1 Å². The fourth-order valence-corrected chi connectivity index (χ4v) is 2.87. The standard InChI is InChI=1S/C10H20N2O4S2/c1-8(2)6-12(5-4-9(11)17)18(14,15)7-10(13)16-3/h8H,4-7H2,1-3H3,(H2,11,17). The van der Waals surface area contributed by atoms with Gasteiger partial charge in [0.25, 0.3) is 0 Å². The van der Waals surface area contributed by atoms with Gasteiger partial charge in [-0.2, -0.15) is 0 Å². The first kappa shape index (κ1) is 17.3. The Morgan fingerprint density at radius 1 is 1.44 bits per heavy atom. The average molecular weight is 296 g/mol. The lowest BCUT2D eigenvalue weighted by Gasteiger charge is -2.23. The Hall–Kier alpha value is -0.730. The zero-order valence-electron chi connectivity index (χ0n) is 10.9. The Labute approximate surface area is 114 Å². The SMILES string of the molecule is COC(=O)CS(=O)(=O)N(CCC(N)=S)CC(C)C. The third-order valence-corrected chi connectivity index (χ3v) is 4.02. The van der Waals surface area contributed by atoms with Crippen LogP contribution < -0.4 is 5.73 Å². The van der Waals surface area contributed by atoms with E-state index in [1.165, 1.54) is 4.31 Å². The first-order chi connectivity index (χ1) is 8.19. The van der Waals surface area contributed by atoms with Gasteiger partial charge >= 0.3 is 5.97 Å². The van der Waals surface area contributed by atoms with E-state index in [0.29, 0.717) is 13.0 Å². The van der Waals surface area contributed by atoms with Crippen molar-refractivity contribution in [2.75, 3.05) is 26.0 Å². The maximum atomic E-state index is 12.0. The molecule has 0 unspecified atom stereocenters. The summed E-state index contributed by atoms with van der Waals surface area (Å²) in [4.78, 5) is 11.3. The van der Waals surface area contributed by atoms with Crippen LogP contribution in [0.1, 0.15) is 20.3 Å². The van der Waals surface area contributed by atoms with E-state index in [9.17, 15) is 13.2 Å². The molecule has 0 fully saturated rings. The molecule has 0 saturated carbocycles. The minimum atomic E-state index is -3.68. The molecule has 0 atom stereocenters. The second kappa shape index (κ2) is 7.65. The fourth-order valence-electron chi connectivity index (χ4n) is 1.29. The van der Waals surface area contributed by atoms with Crippen LogP contribution in [0.4, 0.5) is 0 Å². The van der Waals surface area contributed by atoms with Gasteiger partial charge in [0.2, 0.25) is 10.0 Å². The molecule has 0 aromatic rings. The topological polar surface area (TPSA) is 89.7 Å². The molecule has 8 heteroatoms. The average Bonchev–Trinajstić information content (AvgIpc) is 2.22. The van der Waals surface area contributed by atoms with Gasteiger partial charge in [-0.25, -0.2) is 12.7 Å². The Balaban J connectivity index is 4.81. The highest BCUT2D eigenvalue weighted by Gasteiger charge is 2.26. The van der Waals surface area contributed by atoms with Crippen molar-refractivity contribution in [3.8, 4) is 0 Å². The molecule has 2 N–H and O–H groups in total. The van der Waals surface area contributed by atoms with Crippen LogP contribution in [0.2, 0.25) is 0 Å². The molecule has 0 aliphatic carbocycles. The highest BCUT2D eigenvalue weighted by atomic mass is 32.2. The normalized spacial score (nSPS) is 11.8. The second-order valence-electron chi connectivity index (χ2n) is 4.30. The van der Waals surface area contributed by atoms with E-state index in [4.69, 9.17) is 18.0 Å². The van der Waals surface area contributed by atoms with Crippen molar-refractivity contribution in [1.29, 1.82) is 0 Å². The Bertz CT molecular complexity index is 393. The van der Waals surface area contributed by atoms with Crippen LogP contribution >= 0.6 is 12.2 Å². The molecule has 0 amide bonds. The number of sulfonamides is 1. The first-order valence-electron chi connectivity index (χ1n) is 5.52. The Morgan fingerprint density at radius 2 is 2.00 bits per heavy atom. The molecular formula is C10H20N2O4S2. The zero-order valence-corrected chi connectivity index (χ0v) is 12.5. The highest BCUT2D eigenvalue weighted by Crippen LogP contribution is 2.08. The van der Waals surface area contributed by atoms with Crippen LogP contribution in [0.3, 0.4) is 0 Å². The summed E-state index contributed by atoms with van der Waals surface area (Å²) in [5, 5.41) is 0. The minimum absolute atomic E-state index is 0.142. The van der Waals surface area contributed by atoms with E-state index in [0.717, 1.165) is 7.11 Å².